The van der Waals surface area contributed by atoms with Crippen LogP contribution in [0.4, 0.5) is 0 Å². The van der Waals surface area contributed by atoms with Crippen LogP contribution in [0, 0.1) is 0 Å². The minimum atomic E-state index is 0.786. The van der Waals surface area contributed by atoms with Gasteiger partial charge in [-0.15, -0.1) is 0 Å². The Morgan fingerprint density at radius 2 is 1.78 bits per heavy atom. The van der Waals surface area contributed by atoms with Gasteiger partial charge < -0.3 is 9.80 Å². The Kier molecular flexibility index (Phi) is 5.22. The van der Waals surface area contributed by atoms with Crippen molar-refractivity contribution < 1.29 is 0 Å². The fourth-order valence-electron chi connectivity index (χ4n) is 2.60. The predicted molar refractivity (Wildman–Crippen MR) is 81.0 cm³/mol. The highest BCUT2D eigenvalue weighted by Gasteiger charge is 2.19. The number of benzene rings is 1. The van der Waals surface area contributed by atoms with E-state index in [1.807, 2.05) is 0 Å². The van der Waals surface area contributed by atoms with Crippen molar-refractivity contribution >= 4 is 15.9 Å². The van der Waals surface area contributed by atoms with Crippen molar-refractivity contribution in [1.29, 1.82) is 0 Å². The molecule has 3 heteroatoms. The standard InChI is InChI=1S/C15H23BrN2/c1-17(2)15-8-11-18(12-9-15)10-7-13-3-5-14(16)6-4-13/h3-6,15H,7-12H2,1-2H3. The number of halogens is 1. The number of hydrogen-bond acceptors (Lipinski definition) is 2. The van der Waals surface area contributed by atoms with Gasteiger partial charge in [-0.05, 0) is 64.1 Å². The summed E-state index contributed by atoms with van der Waals surface area (Å²) in [4.78, 5) is 4.97. The molecule has 100 valence electrons. The number of likely N-dealkylation sites (tertiary alicyclic amines) is 1. The molecule has 1 aliphatic rings. The highest BCUT2D eigenvalue weighted by Crippen LogP contribution is 2.15. The number of rotatable bonds is 4. The van der Waals surface area contributed by atoms with Crippen molar-refractivity contribution in [2.24, 2.45) is 0 Å². The molecule has 1 aromatic carbocycles. The summed E-state index contributed by atoms with van der Waals surface area (Å²) in [5, 5.41) is 0. The van der Waals surface area contributed by atoms with Crippen LogP contribution in [-0.4, -0.2) is 49.6 Å². The molecule has 0 radical (unpaired) electrons. The van der Waals surface area contributed by atoms with Gasteiger partial charge in [-0.1, -0.05) is 28.1 Å². The molecule has 0 bridgehead atoms. The topological polar surface area (TPSA) is 6.48 Å². The summed E-state index contributed by atoms with van der Waals surface area (Å²) < 4.78 is 1.16. The molecule has 2 nitrogen and oxygen atoms in total. The summed E-state index contributed by atoms with van der Waals surface area (Å²) in [6.07, 6.45) is 3.79. The molecule has 1 aromatic rings. The maximum Gasteiger partial charge on any atom is 0.0175 e. The van der Waals surface area contributed by atoms with Crippen LogP contribution in [0.1, 0.15) is 18.4 Å². The minimum Gasteiger partial charge on any atom is -0.306 e. The van der Waals surface area contributed by atoms with E-state index in [9.17, 15) is 0 Å². The SMILES string of the molecule is CN(C)C1CCN(CCc2ccc(Br)cc2)CC1. The van der Waals surface area contributed by atoms with Gasteiger partial charge in [0, 0.05) is 17.1 Å². The zero-order valence-electron chi connectivity index (χ0n) is 11.4. The third kappa shape index (κ3) is 4.08. The first-order valence-electron chi connectivity index (χ1n) is 6.78. The summed E-state index contributed by atoms with van der Waals surface area (Å²) in [6.45, 7) is 3.69. The lowest BCUT2D eigenvalue weighted by molar-refractivity contribution is 0.146. The van der Waals surface area contributed by atoms with Gasteiger partial charge in [-0.25, -0.2) is 0 Å². The molecule has 0 unspecified atom stereocenters. The number of hydrogen-bond donors (Lipinski definition) is 0. The van der Waals surface area contributed by atoms with Gasteiger partial charge in [0.1, 0.15) is 0 Å². The lowest BCUT2D eigenvalue weighted by Crippen LogP contribution is -2.42. The quantitative estimate of drug-likeness (QED) is 0.843. The van der Waals surface area contributed by atoms with Crippen molar-refractivity contribution in [2.45, 2.75) is 25.3 Å². The van der Waals surface area contributed by atoms with E-state index in [1.54, 1.807) is 0 Å². The van der Waals surface area contributed by atoms with Gasteiger partial charge in [0.2, 0.25) is 0 Å². The van der Waals surface area contributed by atoms with Crippen LogP contribution in [0.3, 0.4) is 0 Å². The maximum absolute atomic E-state index is 3.48. The molecule has 1 saturated heterocycles. The van der Waals surface area contributed by atoms with E-state index in [4.69, 9.17) is 0 Å². The maximum atomic E-state index is 3.48. The van der Waals surface area contributed by atoms with E-state index in [0.29, 0.717) is 0 Å². The molecule has 1 aliphatic heterocycles. The Balaban J connectivity index is 1.74. The normalized spacial score (nSPS) is 18.4. The molecule has 1 fully saturated rings. The van der Waals surface area contributed by atoms with Crippen LogP contribution in [0.15, 0.2) is 28.7 Å². The molecule has 2 rings (SSSR count). The molecule has 0 spiro atoms. The molecule has 0 N–H and O–H groups in total. The fraction of sp³-hybridized carbons (Fsp3) is 0.600. The smallest absolute Gasteiger partial charge is 0.0175 e. The van der Waals surface area contributed by atoms with E-state index in [1.165, 1.54) is 44.5 Å². The molecule has 18 heavy (non-hydrogen) atoms. The highest BCUT2D eigenvalue weighted by atomic mass is 79.9. The van der Waals surface area contributed by atoms with E-state index in [-0.39, 0.29) is 0 Å². The van der Waals surface area contributed by atoms with Gasteiger partial charge in [0.05, 0.1) is 0 Å². The second-order valence-electron chi connectivity index (χ2n) is 5.41. The van der Waals surface area contributed by atoms with E-state index >= 15 is 0 Å². The van der Waals surface area contributed by atoms with Gasteiger partial charge in [-0.2, -0.15) is 0 Å². The second kappa shape index (κ2) is 6.69. The predicted octanol–water partition coefficient (Wildman–Crippen LogP) is 3.02. The Bertz CT molecular complexity index is 353. The first-order valence-corrected chi connectivity index (χ1v) is 7.57. The van der Waals surface area contributed by atoms with Gasteiger partial charge in [0.15, 0.2) is 0 Å². The number of nitrogens with zero attached hydrogens (tertiary/aromatic N) is 2. The first kappa shape index (κ1) is 14.0. The van der Waals surface area contributed by atoms with Crippen LogP contribution in [0.2, 0.25) is 0 Å². The summed E-state index contributed by atoms with van der Waals surface area (Å²) in [5.41, 5.74) is 1.44. The number of piperidine rings is 1. The fourth-order valence-corrected chi connectivity index (χ4v) is 2.86. The first-order chi connectivity index (χ1) is 8.65. The Morgan fingerprint density at radius 3 is 2.33 bits per heavy atom. The summed E-state index contributed by atoms with van der Waals surface area (Å²) in [6, 6.07) is 9.49. The molecule has 0 atom stereocenters. The average molecular weight is 311 g/mol. The van der Waals surface area contributed by atoms with Crippen molar-refractivity contribution in [3.8, 4) is 0 Å². The Labute approximate surface area is 119 Å². The Hall–Kier alpha value is -0.380. The van der Waals surface area contributed by atoms with Crippen LogP contribution >= 0.6 is 15.9 Å². The second-order valence-corrected chi connectivity index (χ2v) is 6.33. The molecular weight excluding hydrogens is 288 g/mol. The molecule has 1 heterocycles. The largest absolute Gasteiger partial charge is 0.306 e. The molecule has 0 aromatic heterocycles. The summed E-state index contributed by atoms with van der Waals surface area (Å²) >= 11 is 3.48. The van der Waals surface area contributed by atoms with Gasteiger partial charge in [-0.3, -0.25) is 0 Å². The average Bonchev–Trinajstić information content (AvgIpc) is 2.38. The third-order valence-electron chi connectivity index (χ3n) is 3.92. The molecule has 0 amide bonds. The van der Waals surface area contributed by atoms with Crippen molar-refractivity contribution in [1.82, 2.24) is 9.80 Å². The van der Waals surface area contributed by atoms with Crippen molar-refractivity contribution in [2.75, 3.05) is 33.7 Å². The molecular formula is C15H23BrN2. The van der Waals surface area contributed by atoms with Crippen molar-refractivity contribution in [3.63, 3.8) is 0 Å². The molecule has 0 aliphatic carbocycles. The van der Waals surface area contributed by atoms with Gasteiger partial charge in [0.25, 0.3) is 0 Å². The highest BCUT2D eigenvalue weighted by molar-refractivity contribution is 9.10. The minimum absolute atomic E-state index is 0.786. The zero-order chi connectivity index (χ0) is 13.0. The molecule has 0 saturated carbocycles. The van der Waals surface area contributed by atoms with E-state index < -0.39 is 0 Å². The monoisotopic (exact) mass is 310 g/mol. The zero-order valence-corrected chi connectivity index (χ0v) is 13.0. The van der Waals surface area contributed by atoms with Crippen LogP contribution in [-0.2, 0) is 6.42 Å². The Morgan fingerprint density at radius 1 is 1.17 bits per heavy atom. The summed E-state index contributed by atoms with van der Waals surface area (Å²) in [5.74, 6) is 0. The lowest BCUT2D eigenvalue weighted by Gasteiger charge is -2.35. The third-order valence-corrected chi connectivity index (χ3v) is 4.45. The summed E-state index contributed by atoms with van der Waals surface area (Å²) in [7, 11) is 4.39. The van der Waals surface area contributed by atoms with E-state index in [0.717, 1.165) is 10.5 Å². The lowest BCUT2D eigenvalue weighted by atomic mass is 10.0. The van der Waals surface area contributed by atoms with Crippen LogP contribution in [0.5, 0.6) is 0 Å². The van der Waals surface area contributed by atoms with Crippen molar-refractivity contribution in [3.05, 3.63) is 34.3 Å². The van der Waals surface area contributed by atoms with Crippen LogP contribution in [0.25, 0.3) is 0 Å². The van der Waals surface area contributed by atoms with Gasteiger partial charge >= 0.3 is 0 Å². The van der Waals surface area contributed by atoms with E-state index in [2.05, 4.69) is 64.1 Å². The van der Waals surface area contributed by atoms with Crippen LogP contribution < -0.4 is 0 Å².